The monoisotopic (exact) mass is 228 g/mol. The van der Waals surface area contributed by atoms with E-state index in [0.29, 0.717) is 6.04 Å². The van der Waals surface area contributed by atoms with Gasteiger partial charge in [0.05, 0.1) is 6.54 Å². The molecule has 0 aromatic heterocycles. The molecule has 16 heavy (non-hydrogen) atoms. The summed E-state index contributed by atoms with van der Waals surface area (Å²) in [6.45, 7) is 0.900. The summed E-state index contributed by atoms with van der Waals surface area (Å²) in [6.07, 6.45) is 8.49. The fourth-order valence-electron chi connectivity index (χ4n) is 2.36. The van der Waals surface area contributed by atoms with Crippen molar-refractivity contribution in [1.29, 1.82) is 0 Å². The molecule has 0 amide bonds. The van der Waals surface area contributed by atoms with Crippen LogP contribution in [0.2, 0.25) is 0 Å². The van der Waals surface area contributed by atoms with Crippen LogP contribution in [0.15, 0.2) is 0 Å². The lowest BCUT2D eigenvalue weighted by Gasteiger charge is -2.25. The Kier molecular flexibility index (Phi) is 6.42. The van der Waals surface area contributed by atoms with Gasteiger partial charge in [-0.2, -0.15) is 0 Å². The molecule has 0 saturated heterocycles. The van der Waals surface area contributed by atoms with E-state index < -0.39 is 5.97 Å². The Morgan fingerprint density at radius 1 is 1.25 bits per heavy atom. The van der Waals surface area contributed by atoms with E-state index in [1.807, 2.05) is 0 Å². The van der Waals surface area contributed by atoms with Crippen LogP contribution >= 0.6 is 0 Å². The lowest BCUT2D eigenvalue weighted by molar-refractivity contribution is -0.135. The van der Waals surface area contributed by atoms with Gasteiger partial charge >= 0.3 is 5.97 Å². The maximum absolute atomic E-state index is 10.2. The quantitative estimate of drug-likeness (QED) is 0.575. The van der Waals surface area contributed by atoms with Crippen molar-refractivity contribution >= 4 is 5.97 Å². The van der Waals surface area contributed by atoms with E-state index in [1.165, 1.54) is 38.5 Å². The molecule has 1 rings (SSSR count). The predicted octanol–water partition coefficient (Wildman–Crippen LogP) is 1.35. The highest BCUT2D eigenvalue weighted by atomic mass is 16.4. The Hall–Kier alpha value is -0.610. The number of nitrogens with two attached hydrogens (primary N) is 1. The number of rotatable bonds is 7. The summed E-state index contributed by atoms with van der Waals surface area (Å²) in [4.78, 5) is 10.2. The number of hydrogen-bond donors (Lipinski definition) is 3. The van der Waals surface area contributed by atoms with Gasteiger partial charge in [0.2, 0.25) is 0 Å². The largest absolute Gasteiger partial charge is 0.480 e. The van der Waals surface area contributed by atoms with Gasteiger partial charge in [0, 0.05) is 6.04 Å². The van der Waals surface area contributed by atoms with Crippen LogP contribution in [0.3, 0.4) is 0 Å². The first-order valence-corrected chi connectivity index (χ1v) is 6.36. The van der Waals surface area contributed by atoms with Gasteiger partial charge in [-0.05, 0) is 44.6 Å². The third kappa shape index (κ3) is 6.08. The number of nitrogens with one attached hydrogen (secondary N) is 1. The summed E-state index contributed by atoms with van der Waals surface area (Å²) in [5.74, 6) is 0.0838. The van der Waals surface area contributed by atoms with Gasteiger partial charge in [-0.1, -0.05) is 12.8 Å². The predicted molar refractivity (Wildman–Crippen MR) is 64.3 cm³/mol. The van der Waals surface area contributed by atoms with Gasteiger partial charge in [0.25, 0.3) is 0 Å². The second kappa shape index (κ2) is 7.63. The number of carboxylic acid groups (broad SMARTS) is 1. The zero-order valence-corrected chi connectivity index (χ0v) is 9.95. The van der Waals surface area contributed by atoms with Crippen molar-refractivity contribution in [3.05, 3.63) is 0 Å². The molecule has 0 bridgehead atoms. The molecule has 4 N–H and O–H groups in total. The Morgan fingerprint density at radius 2 is 1.94 bits per heavy atom. The van der Waals surface area contributed by atoms with Gasteiger partial charge in [-0.15, -0.1) is 0 Å². The average molecular weight is 228 g/mol. The van der Waals surface area contributed by atoms with Gasteiger partial charge in [0.15, 0.2) is 0 Å². The average Bonchev–Trinajstić information content (AvgIpc) is 2.25. The van der Waals surface area contributed by atoms with Crippen molar-refractivity contribution in [2.75, 3.05) is 13.1 Å². The van der Waals surface area contributed by atoms with Crippen LogP contribution in [0.5, 0.6) is 0 Å². The minimum Gasteiger partial charge on any atom is -0.480 e. The number of carboxylic acids is 1. The highest BCUT2D eigenvalue weighted by Crippen LogP contribution is 2.27. The van der Waals surface area contributed by atoms with E-state index in [9.17, 15) is 4.79 Å². The highest BCUT2D eigenvalue weighted by molar-refractivity contribution is 5.68. The van der Waals surface area contributed by atoms with Crippen LogP contribution in [-0.4, -0.2) is 30.2 Å². The van der Waals surface area contributed by atoms with Crippen LogP contribution in [0.4, 0.5) is 0 Å². The second-order valence-electron chi connectivity index (χ2n) is 4.85. The van der Waals surface area contributed by atoms with Gasteiger partial charge < -0.3 is 16.2 Å². The number of unbranched alkanes of at least 4 members (excludes halogenated alkanes) is 1. The first-order valence-electron chi connectivity index (χ1n) is 6.36. The summed E-state index contributed by atoms with van der Waals surface area (Å²) in [5.41, 5.74) is 5.85. The lowest BCUT2D eigenvalue weighted by Crippen LogP contribution is -2.26. The molecule has 0 unspecified atom stereocenters. The molecule has 0 aliphatic heterocycles. The van der Waals surface area contributed by atoms with E-state index in [-0.39, 0.29) is 6.54 Å². The molecule has 0 aromatic carbocycles. The number of aliphatic carboxylic acids is 1. The smallest absolute Gasteiger partial charge is 0.317 e. The molecule has 4 heteroatoms. The van der Waals surface area contributed by atoms with Crippen molar-refractivity contribution in [3.8, 4) is 0 Å². The Labute approximate surface area is 97.6 Å². The fraction of sp³-hybridized carbons (Fsp3) is 0.917. The third-order valence-electron chi connectivity index (χ3n) is 3.38. The standard InChI is InChI=1S/C12H24N2O2/c13-11-6-4-10(5-7-11)3-1-2-8-14-9-12(15)16/h10-11,14H,1-9,13H2,(H,15,16). The zero-order valence-electron chi connectivity index (χ0n) is 9.95. The summed E-state index contributed by atoms with van der Waals surface area (Å²) < 4.78 is 0. The molecular weight excluding hydrogens is 204 g/mol. The fourth-order valence-corrected chi connectivity index (χ4v) is 2.36. The zero-order chi connectivity index (χ0) is 11.8. The third-order valence-corrected chi connectivity index (χ3v) is 3.38. The normalized spacial score (nSPS) is 25.6. The number of carbonyl (C=O) groups is 1. The van der Waals surface area contributed by atoms with E-state index in [1.54, 1.807) is 0 Å². The molecule has 0 spiro atoms. The summed E-state index contributed by atoms with van der Waals surface area (Å²) >= 11 is 0. The second-order valence-corrected chi connectivity index (χ2v) is 4.85. The molecule has 1 aliphatic carbocycles. The minimum absolute atomic E-state index is 0.0816. The first kappa shape index (κ1) is 13.5. The van der Waals surface area contributed by atoms with Gasteiger partial charge in [0.1, 0.15) is 0 Å². The van der Waals surface area contributed by atoms with Crippen molar-refractivity contribution < 1.29 is 9.90 Å². The summed E-state index contributed by atoms with van der Waals surface area (Å²) in [7, 11) is 0. The van der Waals surface area contributed by atoms with Gasteiger partial charge in [-0.3, -0.25) is 4.79 Å². The molecule has 1 saturated carbocycles. The molecule has 0 heterocycles. The van der Waals surface area contributed by atoms with Crippen molar-refractivity contribution in [2.24, 2.45) is 11.7 Å². The molecule has 4 nitrogen and oxygen atoms in total. The van der Waals surface area contributed by atoms with E-state index >= 15 is 0 Å². The Morgan fingerprint density at radius 3 is 2.56 bits per heavy atom. The molecule has 0 aromatic rings. The van der Waals surface area contributed by atoms with Crippen LogP contribution < -0.4 is 11.1 Å². The van der Waals surface area contributed by atoms with Crippen molar-refractivity contribution in [3.63, 3.8) is 0 Å². The molecule has 1 aliphatic rings. The molecule has 0 atom stereocenters. The van der Waals surface area contributed by atoms with Crippen LogP contribution in [0.1, 0.15) is 44.9 Å². The van der Waals surface area contributed by atoms with Crippen LogP contribution in [0.25, 0.3) is 0 Å². The van der Waals surface area contributed by atoms with Gasteiger partial charge in [-0.25, -0.2) is 0 Å². The SMILES string of the molecule is NC1CCC(CCCCNCC(=O)O)CC1. The highest BCUT2D eigenvalue weighted by Gasteiger charge is 2.17. The Bertz CT molecular complexity index is 201. The van der Waals surface area contributed by atoms with Crippen LogP contribution in [0, 0.1) is 5.92 Å². The van der Waals surface area contributed by atoms with Crippen molar-refractivity contribution in [1.82, 2.24) is 5.32 Å². The van der Waals surface area contributed by atoms with E-state index in [0.717, 1.165) is 18.9 Å². The summed E-state index contributed by atoms with van der Waals surface area (Å²) in [5, 5.41) is 11.3. The number of hydrogen-bond acceptors (Lipinski definition) is 3. The molecular formula is C12H24N2O2. The lowest BCUT2D eigenvalue weighted by atomic mass is 9.83. The van der Waals surface area contributed by atoms with E-state index in [2.05, 4.69) is 5.32 Å². The minimum atomic E-state index is -0.777. The molecule has 0 radical (unpaired) electrons. The van der Waals surface area contributed by atoms with E-state index in [4.69, 9.17) is 10.8 Å². The maximum atomic E-state index is 10.2. The van der Waals surface area contributed by atoms with Crippen LogP contribution in [-0.2, 0) is 4.79 Å². The van der Waals surface area contributed by atoms with Crippen molar-refractivity contribution in [2.45, 2.75) is 51.0 Å². The molecule has 1 fully saturated rings. The molecule has 94 valence electrons. The summed E-state index contributed by atoms with van der Waals surface area (Å²) in [6, 6.07) is 0.438. The maximum Gasteiger partial charge on any atom is 0.317 e. The Balaban J connectivity index is 1.89. The first-order chi connectivity index (χ1) is 7.68. The topological polar surface area (TPSA) is 75.3 Å².